The fourth-order valence-electron chi connectivity index (χ4n) is 3.67. The molecule has 4 amide bonds. The highest BCUT2D eigenvalue weighted by molar-refractivity contribution is 7.98. The van der Waals surface area contributed by atoms with Crippen molar-refractivity contribution in [2.75, 3.05) is 63.4 Å². The smallest absolute Gasteiger partial charge is 0.407 e. The first-order chi connectivity index (χ1) is 21.4. The first kappa shape index (κ1) is 39.3. The quantitative estimate of drug-likeness (QED) is 0.0626. The van der Waals surface area contributed by atoms with Crippen LogP contribution in [0.1, 0.15) is 47.0 Å². The third-order valence-corrected chi connectivity index (χ3v) is 6.30. The number of thioether (sulfide) groups is 1. The van der Waals surface area contributed by atoms with Crippen LogP contribution in [0.15, 0.2) is 29.4 Å². The molecular weight excluding hydrogens is 606 g/mol. The molecule has 0 saturated heterocycles. The van der Waals surface area contributed by atoms with E-state index in [1.165, 1.54) is 18.7 Å². The number of benzene rings is 1. The Bertz CT molecular complexity index is 1100. The van der Waals surface area contributed by atoms with E-state index in [0.29, 0.717) is 76.0 Å². The van der Waals surface area contributed by atoms with E-state index in [1.54, 1.807) is 45.0 Å². The van der Waals surface area contributed by atoms with Gasteiger partial charge in [0.1, 0.15) is 30.0 Å². The molecule has 0 spiro atoms. The van der Waals surface area contributed by atoms with E-state index in [0.717, 1.165) is 0 Å². The van der Waals surface area contributed by atoms with Crippen LogP contribution in [0.4, 0.5) is 10.5 Å². The number of rotatable bonds is 22. The van der Waals surface area contributed by atoms with Crippen LogP contribution >= 0.6 is 11.8 Å². The molecule has 0 radical (unpaired) electrons. The first-order valence-corrected chi connectivity index (χ1v) is 16.1. The average Bonchev–Trinajstić information content (AvgIpc) is 2.96. The molecule has 15 nitrogen and oxygen atoms in total. The van der Waals surface area contributed by atoms with Gasteiger partial charge in [-0.25, -0.2) is 4.79 Å². The molecule has 0 bridgehead atoms. The van der Waals surface area contributed by atoms with Gasteiger partial charge in [0, 0.05) is 36.4 Å². The molecule has 0 fully saturated rings. The van der Waals surface area contributed by atoms with Gasteiger partial charge in [0.15, 0.2) is 0 Å². The van der Waals surface area contributed by atoms with Crippen LogP contribution in [0, 0.1) is 0 Å². The SMILES string of the molecule is CSC[C@H](NC(=O)[C@H](CCCCNC(=O)OC(C)(C)C)NC(C)=O)C(=O)Nc1ccc(OCCOCCOCCN=[N+]=[N-])cc1. The zero-order valence-electron chi connectivity index (χ0n) is 26.8. The van der Waals surface area contributed by atoms with E-state index in [2.05, 4.69) is 31.3 Å². The Hall–Kier alpha value is -3.72. The molecular formula is C29H47N7O8S. The number of hydrogen-bond acceptors (Lipinski definition) is 10. The topological polar surface area (TPSA) is 202 Å². The Labute approximate surface area is 268 Å². The summed E-state index contributed by atoms with van der Waals surface area (Å²) in [6.07, 6.45) is 2.75. The molecule has 1 aromatic rings. The molecule has 252 valence electrons. The maximum Gasteiger partial charge on any atom is 0.407 e. The molecule has 0 unspecified atom stereocenters. The summed E-state index contributed by atoms with van der Waals surface area (Å²) in [5.74, 6) is -0.315. The Balaban J connectivity index is 2.52. The van der Waals surface area contributed by atoms with E-state index in [-0.39, 0.29) is 12.5 Å². The largest absolute Gasteiger partial charge is 0.491 e. The molecule has 1 aromatic carbocycles. The number of unbranched alkanes of at least 4 members (excludes halogenated alkanes) is 1. The van der Waals surface area contributed by atoms with Crippen LogP contribution in [0.5, 0.6) is 5.75 Å². The van der Waals surface area contributed by atoms with Gasteiger partial charge in [-0.2, -0.15) is 11.8 Å². The first-order valence-electron chi connectivity index (χ1n) is 14.7. The lowest BCUT2D eigenvalue weighted by Crippen LogP contribution is -2.53. The lowest BCUT2D eigenvalue weighted by atomic mass is 10.1. The summed E-state index contributed by atoms with van der Waals surface area (Å²) in [5, 5.41) is 14.3. The van der Waals surface area contributed by atoms with Gasteiger partial charge in [0.25, 0.3) is 0 Å². The van der Waals surface area contributed by atoms with Crippen LogP contribution in [-0.4, -0.2) is 99.6 Å². The normalized spacial score (nSPS) is 12.2. The fraction of sp³-hybridized carbons (Fsp3) is 0.655. The van der Waals surface area contributed by atoms with Gasteiger partial charge in [-0.3, -0.25) is 14.4 Å². The number of nitrogens with zero attached hydrogens (tertiary/aromatic N) is 3. The van der Waals surface area contributed by atoms with Crippen molar-refractivity contribution >= 4 is 41.3 Å². The van der Waals surface area contributed by atoms with Gasteiger partial charge in [-0.1, -0.05) is 5.11 Å². The second-order valence-electron chi connectivity index (χ2n) is 10.7. The van der Waals surface area contributed by atoms with Crippen LogP contribution in [0.25, 0.3) is 10.4 Å². The van der Waals surface area contributed by atoms with Crippen molar-refractivity contribution < 1.29 is 38.1 Å². The van der Waals surface area contributed by atoms with Crippen molar-refractivity contribution in [1.29, 1.82) is 0 Å². The van der Waals surface area contributed by atoms with Crippen LogP contribution in [0.2, 0.25) is 0 Å². The van der Waals surface area contributed by atoms with Crippen molar-refractivity contribution in [2.45, 2.75) is 64.6 Å². The molecule has 0 saturated carbocycles. The molecule has 45 heavy (non-hydrogen) atoms. The van der Waals surface area contributed by atoms with E-state index < -0.39 is 35.6 Å². The number of carbonyl (C=O) groups is 4. The summed E-state index contributed by atoms with van der Waals surface area (Å²) in [4.78, 5) is 52.3. The molecule has 2 atom stereocenters. The number of amides is 4. The number of alkyl carbamates (subject to hydrolysis) is 1. The highest BCUT2D eigenvalue weighted by atomic mass is 32.2. The minimum absolute atomic E-state index is 0.279. The van der Waals surface area contributed by atoms with Gasteiger partial charge in [0.05, 0.1) is 26.4 Å². The van der Waals surface area contributed by atoms with Gasteiger partial charge >= 0.3 is 6.09 Å². The molecule has 0 aromatic heterocycles. The predicted octanol–water partition coefficient (Wildman–Crippen LogP) is 3.39. The predicted molar refractivity (Wildman–Crippen MR) is 172 cm³/mol. The number of anilines is 1. The van der Waals surface area contributed by atoms with Crippen molar-refractivity contribution in [3.8, 4) is 5.75 Å². The number of carbonyl (C=O) groups excluding carboxylic acids is 4. The monoisotopic (exact) mass is 653 g/mol. The molecule has 16 heteroatoms. The van der Waals surface area contributed by atoms with Crippen molar-refractivity contribution in [3.63, 3.8) is 0 Å². The lowest BCUT2D eigenvalue weighted by Gasteiger charge is -2.23. The van der Waals surface area contributed by atoms with Gasteiger partial charge < -0.3 is 40.2 Å². The Morgan fingerprint density at radius 3 is 2.22 bits per heavy atom. The third-order valence-electron chi connectivity index (χ3n) is 5.64. The lowest BCUT2D eigenvalue weighted by molar-refractivity contribution is -0.130. The minimum Gasteiger partial charge on any atom is -0.491 e. The number of ether oxygens (including phenoxy) is 4. The maximum atomic E-state index is 13.1. The number of hydrogen-bond donors (Lipinski definition) is 4. The second kappa shape index (κ2) is 22.7. The standard InChI is InChI=1S/C29H47N7O8S/c1-21(37)33-24(8-6-7-13-31-28(40)44-29(2,3)4)26(38)35-25(20-45-5)27(39)34-22-9-11-23(12-10-22)43-19-18-42-17-16-41-15-14-32-36-30/h9-12,24-25H,6-8,13-20H2,1-5H3,(H,31,40)(H,33,37)(H,34,39)(H,35,38)/t24-,25-/m0/s1. The molecule has 1 rings (SSSR count). The van der Waals surface area contributed by atoms with Crippen molar-refractivity contribution in [1.82, 2.24) is 16.0 Å². The van der Waals surface area contributed by atoms with E-state index in [1.807, 2.05) is 6.26 Å². The van der Waals surface area contributed by atoms with Crippen molar-refractivity contribution in [2.24, 2.45) is 5.11 Å². The van der Waals surface area contributed by atoms with Crippen LogP contribution in [-0.2, 0) is 28.6 Å². The summed E-state index contributed by atoms with van der Waals surface area (Å²) < 4.78 is 21.5. The molecule has 0 aliphatic heterocycles. The summed E-state index contributed by atoms with van der Waals surface area (Å²) in [7, 11) is 0. The Morgan fingerprint density at radius 1 is 0.933 bits per heavy atom. The van der Waals surface area contributed by atoms with Crippen LogP contribution in [0.3, 0.4) is 0 Å². The highest BCUT2D eigenvalue weighted by Crippen LogP contribution is 2.16. The van der Waals surface area contributed by atoms with E-state index in [9.17, 15) is 19.2 Å². The summed E-state index contributed by atoms with van der Waals surface area (Å²) in [6, 6.07) is 5.12. The van der Waals surface area contributed by atoms with Gasteiger partial charge in [-0.05, 0) is 76.1 Å². The maximum absolute atomic E-state index is 13.1. The average molecular weight is 654 g/mol. The number of azide groups is 1. The zero-order chi connectivity index (χ0) is 33.5. The van der Waals surface area contributed by atoms with Crippen LogP contribution < -0.4 is 26.0 Å². The highest BCUT2D eigenvalue weighted by Gasteiger charge is 2.26. The summed E-state index contributed by atoms with van der Waals surface area (Å²) in [6.45, 7) is 9.08. The fourth-order valence-corrected chi connectivity index (χ4v) is 4.24. The summed E-state index contributed by atoms with van der Waals surface area (Å²) >= 11 is 1.40. The summed E-state index contributed by atoms with van der Waals surface area (Å²) in [5.41, 5.74) is 8.12. The minimum atomic E-state index is -0.839. The second-order valence-corrected chi connectivity index (χ2v) is 11.6. The Morgan fingerprint density at radius 2 is 1.60 bits per heavy atom. The number of nitrogens with one attached hydrogen (secondary N) is 4. The van der Waals surface area contributed by atoms with Gasteiger partial charge in [0.2, 0.25) is 17.7 Å². The molecule has 0 aliphatic carbocycles. The molecule has 0 heterocycles. The Kier molecular flexibility index (Phi) is 19.9. The molecule has 0 aliphatic rings. The van der Waals surface area contributed by atoms with E-state index in [4.69, 9.17) is 24.5 Å². The van der Waals surface area contributed by atoms with Gasteiger partial charge in [-0.15, -0.1) is 0 Å². The van der Waals surface area contributed by atoms with Crippen molar-refractivity contribution in [3.05, 3.63) is 34.7 Å². The zero-order valence-corrected chi connectivity index (χ0v) is 27.6. The third kappa shape index (κ3) is 20.0. The molecule has 4 N–H and O–H groups in total. The van der Waals surface area contributed by atoms with E-state index >= 15 is 0 Å².